The van der Waals surface area contributed by atoms with Crippen molar-refractivity contribution in [1.29, 1.82) is 0 Å². The van der Waals surface area contributed by atoms with E-state index in [1.807, 2.05) is 6.92 Å². The molecule has 88 valence electrons. The molecule has 1 aromatic rings. The number of esters is 1. The fourth-order valence-corrected chi connectivity index (χ4v) is 1.53. The van der Waals surface area contributed by atoms with E-state index in [2.05, 4.69) is 0 Å². The van der Waals surface area contributed by atoms with Gasteiger partial charge in [0.05, 0.1) is 6.61 Å². The summed E-state index contributed by atoms with van der Waals surface area (Å²) in [6.45, 7) is 4.23. The lowest BCUT2D eigenvalue weighted by Crippen LogP contribution is -2.05. The molecule has 1 atom stereocenters. The Bertz CT molecular complexity index is 332. The SMILES string of the molecule is CCOC(=O)CC[C@H](C)c1ccc(F)cc1. The van der Waals surface area contributed by atoms with E-state index in [0.29, 0.717) is 13.0 Å². The monoisotopic (exact) mass is 224 g/mol. The van der Waals surface area contributed by atoms with Gasteiger partial charge in [0.2, 0.25) is 0 Å². The van der Waals surface area contributed by atoms with Crippen molar-refractivity contribution < 1.29 is 13.9 Å². The molecule has 0 aliphatic rings. The van der Waals surface area contributed by atoms with E-state index < -0.39 is 0 Å². The van der Waals surface area contributed by atoms with Gasteiger partial charge >= 0.3 is 5.97 Å². The molecule has 1 rings (SSSR count). The predicted octanol–water partition coefficient (Wildman–Crippen LogP) is 3.27. The molecule has 0 radical (unpaired) electrons. The van der Waals surface area contributed by atoms with Crippen LogP contribution in [-0.4, -0.2) is 12.6 Å². The van der Waals surface area contributed by atoms with Gasteiger partial charge in [-0.2, -0.15) is 0 Å². The zero-order valence-corrected chi connectivity index (χ0v) is 9.70. The molecule has 3 heteroatoms. The molecule has 0 aromatic heterocycles. The zero-order valence-electron chi connectivity index (χ0n) is 9.70. The number of halogens is 1. The Morgan fingerprint density at radius 2 is 2.00 bits per heavy atom. The molecule has 0 fully saturated rings. The van der Waals surface area contributed by atoms with Gasteiger partial charge in [-0.3, -0.25) is 4.79 Å². The van der Waals surface area contributed by atoms with Crippen LogP contribution in [0.1, 0.15) is 38.2 Å². The van der Waals surface area contributed by atoms with Crippen LogP contribution in [-0.2, 0) is 9.53 Å². The van der Waals surface area contributed by atoms with Crippen LogP contribution in [0.25, 0.3) is 0 Å². The molecule has 16 heavy (non-hydrogen) atoms. The molecule has 1 aromatic carbocycles. The smallest absolute Gasteiger partial charge is 0.305 e. The third-order valence-electron chi connectivity index (χ3n) is 2.53. The van der Waals surface area contributed by atoms with Gasteiger partial charge in [-0.05, 0) is 37.0 Å². The van der Waals surface area contributed by atoms with Gasteiger partial charge in [0, 0.05) is 6.42 Å². The van der Waals surface area contributed by atoms with E-state index >= 15 is 0 Å². The van der Waals surface area contributed by atoms with Crippen LogP contribution in [0.2, 0.25) is 0 Å². The van der Waals surface area contributed by atoms with Crippen molar-refractivity contribution in [2.45, 2.75) is 32.6 Å². The van der Waals surface area contributed by atoms with Crippen molar-refractivity contribution in [3.8, 4) is 0 Å². The largest absolute Gasteiger partial charge is 0.466 e. The minimum Gasteiger partial charge on any atom is -0.466 e. The molecular weight excluding hydrogens is 207 g/mol. The van der Waals surface area contributed by atoms with E-state index in [1.165, 1.54) is 12.1 Å². The number of benzene rings is 1. The van der Waals surface area contributed by atoms with Crippen LogP contribution in [0.3, 0.4) is 0 Å². The maximum atomic E-state index is 12.7. The number of hydrogen-bond donors (Lipinski definition) is 0. The molecule has 0 saturated carbocycles. The molecule has 0 aliphatic heterocycles. The quantitative estimate of drug-likeness (QED) is 0.717. The lowest BCUT2D eigenvalue weighted by atomic mass is 9.96. The summed E-state index contributed by atoms with van der Waals surface area (Å²) in [7, 11) is 0. The first-order valence-corrected chi connectivity index (χ1v) is 5.54. The maximum absolute atomic E-state index is 12.7. The fourth-order valence-electron chi connectivity index (χ4n) is 1.53. The maximum Gasteiger partial charge on any atom is 0.305 e. The highest BCUT2D eigenvalue weighted by Gasteiger charge is 2.09. The molecule has 2 nitrogen and oxygen atoms in total. The fraction of sp³-hybridized carbons (Fsp3) is 0.462. The molecule has 0 saturated heterocycles. The highest BCUT2D eigenvalue weighted by Crippen LogP contribution is 2.20. The highest BCUT2D eigenvalue weighted by molar-refractivity contribution is 5.69. The first-order valence-electron chi connectivity index (χ1n) is 5.54. The van der Waals surface area contributed by atoms with Crippen molar-refractivity contribution >= 4 is 5.97 Å². The van der Waals surface area contributed by atoms with Crippen LogP contribution >= 0.6 is 0 Å². The highest BCUT2D eigenvalue weighted by atomic mass is 19.1. The van der Waals surface area contributed by atoms with Crippen LogP contribution in [0.4, 0.5) is 4.39 Å². The van der Waals surface area contributed by atoms with Gasteiger partial charge in [0.25, 0.3) is 0 Å². The van der Waals surface area contributed by atoms with E-state index in [-0.39, 0.29) is 17.7 Å². The predicted molar refractivity (Wildman–Crippen MR) is 60.7 cm³/mol. The van der Waals surface area contributed by atoms with Crippen molar-refractivity contribution in [1.82, 2.24) is 0 Å². The van der Waals surface area contributed by atoms with E-state index in [4.69, 9.17) is 4.74 Å². The minimum absolute atomic E-state index is 0.170. The standard InChI is InChI=1S/C13H17FO2/c1-3-16-13(15)9-4-10(2)11-5-7-12(14)8-6-11/h5-8,10H,3-4,9H2,1-2H3/t10-/m0/s1. The summed E-state index contributed by atoms with van der Waals surface area (Å²) >= 11 is 0. The molecule has 0 N–H and O–H groups in total. The van der Waals surface area contributed by atoms with E-state index in [1.54, 1.807) is 19.1 Å². The number of carbonyl (C=O) groups is 1. The molecule has 0 amide bonds. The lowest BCUT2D eigenvalue weighted by molar-refractivity contribution is -0.143. The van der Waals surface area contributed by atoms with E-state index in [0.717, 1.165) is 12.0 Å². The first kappa shape index (κ1) is 12.7. The Hall–Kier alpha value is -1.38. The molecule has 0 spiro atoms. The number of rotatable bonds is 5. The summed E-state index contributed by atoms with van der Waals surface area (Å²) in [5, 5.41) is 0. The Labute approximate surface area is 95.4 Å². The molecule has 0 heterocycles. The second-order valence-electron chi connectivity index (χ2n) is 3.80. The van der Waals surface area contributed by atoms with Crippen molar-refractivity contribution in [2.75, 3.05) is 6.61 Å². The second kappa shape index (κ2) is 6.26. The molecule has 0 unspecified atom stereocenters. The third kappa shape index (κ3) is 4.01. The summed E-state index contributed by atoms with van der Waals surface area (Å²) in [5.41, 5.74) is 1.05. The van der Waals surface area contributed by atoms with Crippen LogP contribution < -0.4 is 0 Å². The Balaban J connectivity index is 2.43. The normalized spacial score (nSPS) is 12.2. The molecule has 0 bridgehead atoms. The summed E-state index contributed by atoms with van der Waals surface area (Å²) in [6, 6.07) is 6.39. The minimum atomic E-state index is -0.235. The summed E-state index contributed by atoms with van der Waals surface area (Å²) in [4.78, 5) is 11.2. The topological polar surface area (TPSA) is 26.3 Å². The average Bonchev–Trinajstić information content (AvgIpc) is 2.27. The van der Waals surface area contributed by atoms with E-state index in [9.17, 15) is 9.18 Å². The number of hydrogen-bond acceptors (Lipinski definition) is 2. The van der Waals surface area contributed by atoms with Crippen molar-refractivity contribution in [3.05, 3.63) is 35.6 Å². The molecule has 0 aliphatic carbocycles. The second-order valence-corrected chi connectivity index (χ2v) is 3.80. The average molecular weight is 224 g/mol. The van der Waals surface area contributed by atoms with Crippen molar-refractivity contribution in [3.63, 3.8) is 0 Å². The number of ether oxygens (including phenoxy) is 1. The number of carbonyl (C=O) groups excluding carboxylic acids is 1. The summed E-state index contributed by atoms with van der Waals surface area (Å²) in [5.74, 6) is -0.164. The third-order valence-corrected chi connectivity index (χ3v) is 2.53. The Kier molecular flexibility index (Phi) is 4.96. The molecular formula is C13H17FO2. The Morgan fingerprint density at radius 3 is 2.56 bits per heavy atom. The van der Waals surface area contributed by atoms with Gasteiger partial charge < -0.3 is 4.74 Å². The van der Waals surface area contributed by atoms with Crippen LogP contribution in [0.15, 0.2) is 24.3 Å². The first-order chi connectivity index (χ1) is 7.63. The van der Waals surface area contributed by atoms with Crippen LogP contribution in [0, 0.1) is 5.82 Å². The lowest BCUT2D eigenvalue weighted by Gasteiger charge is -2.11. The van der Waals surface area contributed by atoms with Gasteiger partial charge in [-0.25, -0.2) is 4.39 Å². The summed E-state index contributed by atoms with van der Waals surface area (Å²) in [6.07, 6.45) is 1.14. The van der Waals surface area contributed by atoms with Gasteiger partial charge in [0.15, 0.2) is 0 Å². The van der Waals surface area contributed by atoms with Crippen molar-refractivity contribution in [2.24, 2.45) is 0 Å². The van der Waals surface area contributed by atoms with Crippen LogP contribution in [0.5, 0.6) is 0 Å². The zero-order chi connectivity index (χ0) is 12.0. The van der Waals surface area contributed by atoms with Gasteiger partial charge in [0.1, 0.15) is 5.82 Å². The summed E-state index contributed by atoms with van der Waals surface area (Å²) < 4.78 is 17.5. The van der Waals surface area contributed by atoms with Gasteiger partial charge in [-0.1, -0.05) is 19.1 Å². The van der Waals surface area contributed by atoms with Gasteiger partial charge in [-0.15, -0.1) is 0 Å². The Morgan fingerprint density at radius 1 is 1.38 bits per heavy atom.